The second kappa shape index (κ2) is 12.2. The maximum Gasteiger partial charge on any atom is 0.321 e. The number of carbonyl (C=O) groups is 1. The van der Waals surface area contributed by atoms with Gasteiger partial charge in [-0.3, -0.25) is 0 Å². The maximum absolute atomic E-state index is 14.1. The molecule has 40 heavy (non-hydrogen) atoms. The molecule has 0 saturated carbocycles. The normalized spacial score (nSPS) is 19.4. The zero-order valence-electron chi connectivity index (χ0n) is 22.9. The topological polar surface area (TPSA) is 108 Å². The van der Waals surface area contributed by atoms with E-state index >= 15 is 0 Å². The van der Waals surface area contributed by atoms with Crippen molar-refractivity contribution in [2.24, 2.45) is 5.92 Å². The van der Waals surface area contributed by atoms with Gasteiger partial charge in [0.05, 0.1) is 25.9 Å². The number of aliphatic hydroxyl groups is 1. The van der Waals surface area contributed by atoms with Gasteiger partial charge in [-0.05, 0) is 54.4 Å². The molecular formula is C29H34FN3O6S. The van der Waals surface area contributed by atoms with E-state index in [1.807, 2.05) is 31.2 Å². The Bertz CT molecular complexity index is 1450. The minimum Gasteiger partial charge on any atom is -0.497 e. The molecule has 1 aliphatic rings. The van der Waals surface area contributed by atoms with Crippen LogP contribution < -0.4 is 14.8 Å². The van der Waals surface area contributed by atoms with Gasteiger partial charge in [-0.1, -0.05) is 37.3 Å². The number of ether oxygens (including phenoxy) is 2. The lowest BCUT2D eigenvalue weighted by atomic mass is 10.0. The van der Waals surface area contributed by atoms with Crippen LogP contribution >= 0.6 is 0 Å². The van der Waals surface area contributed by atoms with Crippen LogP contribution in [0.1, 0.15) is 13.8 Å². The number of urea groups is 1. The number of hydrogen-bond donors (Lipinski definition) is 2. The number of sulfonamides is 1. The Morgan fingerprint density at radius 2 is 1.85 bits per heavy atom. The van der Waals surface area contributed by atoms with Gasteiger partial charge < -0.3 is 24.8 Å². The lowest BCUT2D eigenvalue weighted by molar-refractivity contribution is 0.0830. The van der Waals surface area contributed by atoms with Gasteiger partial charge in [-0.25, -0.2) is 17.6 Å². The number of fused-ring (bicyclic) bond motifs is 1. The van der Waals surface area contributed by atoms with E-state index in [4.69, 9.17) is 9.47 Å². The van der Waals surface area contributed by atoms with E-state index in [9.17, 15) is 22.7 Å². The second-order valence-corrected chi connectivity index (χ2v) is 11.8. The summed E-state index contributed by atoms with van der Waals surface area (Å²) in [5.41, 5.74) is 1.61. The molecule has 0 aliphatic carbocycles. The molecule has 0 bridgehead atoms. The molecular weight excluding hydrogens is 537 g/mol. The number of nitrogens with one attached hydrogen (secondary N) is 1. The van der Waals surface area contributed by atoms with Gasteiger partial charge in [0.15, 0.2) is 0 Å². The minimum absolute atomic E-state index is 0.0274. The summed E-state index contributed by atoms with van der Waals surface area (Å²) in [6.45, 7) is 3.27. The van der Waals surface area contributed by atoms with E-state index < -0.39 is 34.0 Å². The van der Waals surface area contributed by atoms with Crippen LogP contribution in [0.5, 0.6) is 11.5 Å². The third-order valence-corrected chi connectivity index (χ3v) is 9.03. The Labute approximate surface area is 234 Å². The zero-order valence-corrected chi connectivity index (χ0v) is 23.7. The van der Waals surface area contributed by atoms with Crippen molar-refractivity contribution in [3.63, 3.8) is 0 Å². The second-order valence-electron chi connectivity index (χ2n) is 9.92. The molecule has 2 N–H and O–H groups in total. The van der Waals surface area contributed by atoms with Crippen molar-refractivity contribution < 1.29 is 32.2 Å². The lowest BCUT2D eigenvalue weighted by Crippen LogP contribution is -2.50. The number of aliphatic hydroxyl groups excluding tert-OH is 1. The first-order chi connectivity index (χ1) is 19.0. The number of benzene rings is 3. The Morgan fingerprint density at radius 1 is 1.18 bits per heavy atom. The molecule has 3 aromatic rings. The molecule has 4 rings (SSSR count). The molecule has 0 saturated heterocycles. The summed E-state index contributed by atoms with van der Waals surface area (Å²) < 4.78 is 54.4. The SMILES string of the molecule is COc1ccc(-c2ccc3c(c2)O[C@@H](CN(C)C(=O)Nc2ccccc2F)[C@@H](C)CN([C@@H](C)CO)S3(=O)=O)cc1. The zero-order chi connectivity index (χ0) is 29.0. The molecule has 9 nitrogen and oxygen atoms in total. The van der Waals surface area contributed by atoms with Crippen molar-refractivity contribution in [2.45, 2.75) is 30.9 Å². The van der Waals surface area contributed by atoms with Crippen LogP contribution in [0.4, 0.5) is 14.9 Å². The van der Waals surface area contributed by atoms with Crippen LogP contribution in [-0.4, -0.2) is 74.8 Å². The van der Waals surface area contributed by atoms with Crippen molar-refractivity contribution in [1.82, 2.24) is 9.21 Å². The highest BCUT2D eigenvalue weighted by Crippen LogP contribution is 2.37. The fourth-order valence-electron chi connectivity index (χ4n) is 4.53. The van der Waals surface area contributed by atoms with Gasteiger partial charge in [0, 0.05) is 25.6 Å². The molecule has 0 radical (unpaired) electrons. The largest absolute Gasteiger partial charge is 0.497 e. The summed E-state index contributed by atoms with van der Waals surface area (Å²) in [5, 5.41) is 12.4. The standard InChI is InChI=1S/C29H34FN3O6S/c1-19-16-33(20(2)18-34)40(36,37)28-14-11-22(21-9-12-23(38-4)13-10-21)15-26(28)39-27(19)17-32(3)29(35)31-25-8-6-5-7-24(25)30/h5-15,19-20,27,34H,16-18H2,1-4H3,(H,31,35)/t19-,20-,27-/m0/s1. The quantitative estimate of drug-likeness (QED) is 0.434. The third kappa shape index (κ3) is 6.22. The molecule has 3 atom stereocenters. The van der Waals surface area contributed by atoms with Gasteiger partial charge in [-0.15, -0.1) is 0 Å². The number of para-hydroxylation sites is 1. The highest BCUT2D eigenvalue weighted by atomic mass is 32.2. The van der Waals surface area contributed by atoms with Gasteiger partial charge in [-0.2, -0.15) is 4.31 Å². The first-order valence-electron chi connectivity index (χ1n) is 12.9. The molecule has 0 fully saturated rings. The van der Waals surface area contributed by atoms with E-state index in [1.165, 1.54) is 33.5 Å². The van der Waals surface area contributed by atoms with Crippen LogP contribution in [0.25, 0.3) is 11.1 Å². The highest BCUT2D eigenvalue weighted by molar-refractivity contribution is 7.89. The lowest BCUT2D eigenvalue weighted by Gasteiger charge is -2.37. The number of methoxy groups -OCH3 is 1. The third-order valence-electron chi connectivity index (χ3n) is 7.01. The fraction of sp³-hybridized carbons (Fsp3) is 0.345. The van der Waals surface area contributed by atoms with Crippen LogP contribution in [0.3, 0.4) is 0 Å². The van der Waals surface area contributed by atoms with E-state index in [0.717, 1.165) is 11.1 Å². The maximum atomic E-state index is 14.1. The summed E-state index contributed by atoms with van der Waals surface area (Å²) in [7, 11) is -0.880. The van der Waals surface area contributed by atoms with Crippen LogP contribution in [-0.2, 0) is 10.0 Å². The van der Waals surface area contributed by atoms with Gasteiger partial charge in [0.1, 0.15) is 28.3 Å². The Morgan fingerprint density at radius 3 is 2.50 bits per heavy atom. The van der Waals surface area contributed by atoms with Crippen LogP contribution in [0, 0.1) is 11.7 Å². The molecule has 0 spiro atoms. The number of halogens is 1. The average Bonchev–Trinajstić information content (AvgIpc) is 2.95. The summed E-state index contributed by atoms with van der Waals surface area (Å²) in [6.07, 6.45) is -0.620. The summed E-state index contributed by atoms with van der Waals surface area (Å²) >= 11 is 0. The number of amides is 2. The Hall–Kier alpha value is -3.67. The highest BCUT2D eigenvalue weighted by Gasteiger charge is 2.38. The van der Waals surface area contributed by atoms with Crippen molar-refractivity contribution in [1.29, 1.82) is 0 Å². The molecule has 0 aromatic heterocycles. The number of carbonyl (C=O) groups excluding carboxylic acids is 1. The Kier molecular flexibility index (Phi) is 8.97. The minimum atomic E-state index is -4.02. The van der Waals surface area contributed by atoms with Crippen molar-refractivity contribution in [3.8, 4) is 22.6 Å². The number of likely N-dealkylation sites (N-methyl/N-ethyl adjacent to an activating group) is 1. The monoisotopic (exact) mass is 571 g/mol. The number of hydrogen-bond acceptors (Lipinski definition) is 6. The molecule has 1 heterocycles. The van der Waals surface area contributed by atoms with Gasteiger partial charge in [0.25, 0.3) is 0 Å². The summed E-state index contributed by atoms with van der Waals surface area (Å²) in [6, 6.07) is 16.9. The van der Waals surface area contributed by atoms with Crippen LogP contribution in [0.15, 0.2) is 71.6 Å². The fourth-order valence-corrected chi connectivity index (χ4v) is 6.36. The average molecular weight is 572 g/mol. The first-order valence-corrected chi connectivity index (χ1v) is 14.3. The summed E-state index contributed by atoms with van der Waals surface area (Å²) in [5.74, 6) is -0.0973. The number of nitrogens with zero attached hydrogens (tertiary/aromatic N) is 2. The van der Waals surface area contributed by atoms with Crippen molar-refractivity contribution in [2.75, 3.05) is 39.2 Å². The van der Waals surface area contributed by atoms with E-state index in [0.29, 0.717) is 5.75 Å². The van der Waals surface area contributed by atoms with Gasteiger partial charge in [0.2, 0.25) is 10.0 Å². The van der Waals surface area contributed by atoms with E-state index in [1.54, 1.807) is 39.3 Å². The predicted molar refractivity (Wildman–Crippen MR) is 150 cm³/mol. The molecule has 11 heteroatoms. The summed E-state index contributed by atoms with van der Waals surface area (Å²) in [4.78, 5) is 14.2. The first kappa shape index (κ1) is 29.3. The molecule has 3 aromatic carbocycles. The van der Waals surface area contributed by atoms with E-state index in [2.05, 4.69) is 5.32 Å². The Balaban J connectivity index is 1.69. The molecule has 2 amide bonds. The smallest absolute Gasteiger partial charge is 0.321 e. The molecule has 214 valence electrons. The van der Waals surface area contributed by atoms with Crippen molar-refractivity contribution in [3.05, 3.63) is 72.5 Å². The number of rotatable bonds is 7. The van der Waals surface area contributed by atoms with Gasteiger partial charge >= 0.3 is 6.03 Å². The molecule has 1 aliphatic heterocycles. The van der Waals surface area contributed by atoms with Crippen LogP contribution in [0.2, 0.25) is 0 Å². The van der Waals surface area contributed by atoms with E-state index in [-0.39, 0.29) is 41.9 Å². The molecule has 0 unspecified atom stereocenters. The number of anilines is 1. The predicted octanol–water partition coefficient (Wildman–Crippen LogP) is 4.43. The van der Waals surface area contributed by atoms with Crippen molar-refractivity contribution >= 4 is 21.7 Å².